The van der Waals surface area contributed by atoms with Gasteiger partial charge >= 0.3 is 0 Å². The number of fused-ring (bicyclic) bond motifs is 1. The maximum absolute atomic E-state index is 5.59. The molecule has 2 rings (SSSR count). The summed E-state index contributed by atoms with van der Waals surface area (Å²) in [7, 11) is 0. The van der Waals surface area contributed by atoms with Crippen molar-refractivity contribution in [3.8, 4) is 0 Å². The molecule has 1 nitrogen and oxygen atoms in total. The normalized spacial score (nSPS) is 22.1. The van der Waals surface area contributed by atoms with E-state index in [-0.39, 0.29) is 0 Å². The van der Waals surface area contributed by atoms with Crippen LogP contribution in [0.15, 0.2) is 11.4 Å². The lowest BCUT2D eigenvalue weighted by Gasteiger charge is -2.08. The molecule has 1 aromatic heterocycles. The molecule has 11 heavy (non-hydrogen) atoms. The monoisotopic (exact) mass is 168 g/mol. The molecule has 0 spiro atoms. The van der Waals surface area contributed by atoms with Crippen molar-refractivity contribution in [2.45, 2.75) is 25.9 Å². The zero-order chi connectivity index (χ0) is 7.68. The maximum Gasteiger partial charge on any atom is 0.0838 e. The Bertz CT molecular complexity index is 241. The summed E-state index contributed by atoms with van der Waals surface area (Å²) < 4.78 is 5.59. The summed E-state index contributed by atoms with van der Waals surface area (Å²) in [4.78, 5) is 1.53. The van der Waals surface area contributed by atoms with Crippen LogP contribution in [0.3, 0.4) is 0 Å². The largest absolute Gasteiger partial charge is 0.374 e. The molecular weight excluding hydrogens is 156 g/mol. The molecule has 0 saturated heterocycles. The Kier molecular flexibility index (Phi) is 1.96. The first-order valence-electron chi connectivity index (χ1n) is 4.09. The third kappa shape index (κ3) is 1.21. The quantitative estimate of drug-likeness (QED) is 0.659. The molecule has 1 aliphatic carbocycles. The highest BCUT2D eigenvalue weighted by Gasteiger charge is 2.23. The Hall–Kier alpha value is -0.340. The Morgan fingerprint density at radius 1 is 1.73 bits per heavy atom. The molecule has 0 aromatic carbocycles. The third-order valence-corrected chi connectivity index (χ3v) is 3.12. The fourth-order valence-corrected chi connectivity index (χ4v) is 2.58. The van der Waals surface area contributed by atoms with E-state index in [1.807, 2.05) is 11.3 Å². The van der Waals surface area contributed by atoms with Gasteiger partial charge in [0.2, 0.25) is 0 Å². The molecule has 60 valence electrons. The van der Waals surface area contributed by atoms with Crippen molar-refractivity contribution in [1.29, 1.82) is 0 Å². The van der Waals surface area contributed by atoms with E-state index in [0.717, 1.165) is 6.61 Å². The van der Waals surface area contributed by atoms with Gasteiger partial charge in [-0.1, -0.05) is 0 Å². The SMILES string of the molecule is CCO[C@@H]1CCc2sccc21. The highest BCUT2D eigenvalue weighted by atomic mass is 32.1. The molecular formula is C9H12OS. The summed E-state index contributed by atoms with van der Waals surface area (Å²) in [6, 6.07) is 2.20. The van der Waals surface area contributed by atoms with E-state index in [1.54, 1.807) is 0 Å². The predicted molar refractivity (Wildman–Crippen MR) is 47.0 cm³/mol. The van der Waals surface area contributed by atoms with Gasteiger partial charge in [0.15, 0.2) is 0 Å². The highest BCUT2D eigenvalue weighted by Crippen LogP contribution is 2.36. The van der Waals surface area contributed by atoms with E-state index in [0.29, 0.717) is 6.10 Å². The molecule has 0 saturated carbocycles. The van der Waals surface area contributed by atoms with E-state index in [9.17, 15) is 0 Å². The van der Waals surface area contributed by atoms with E-state index in [4.69, 9.17) is 4.74 Å². The molecule has 0 bridgehead atoms. The lowest BCUT2D eigenvalue weighted by atomic mass is 10.2. The van der Waals surface area contributed by atoms with Gasteiger partial charge in [-0.2, -0.15) is 0 Å². The van der Waals surface area contributed by atoms with Crippen LogP contribution in [0.1, 0.15) is 29.9 Å². The smallest absolute Gasteiger partial charge is 0.0838 e. The highest BCUT2D eigenvalue weighted by molar-refractivity contribution is 7.10. The van der Waals surface area contributed by atoms with Gasteiger partial charge in [-0.3, -0.25) is 0 Å². The van der Waals surface area contributed by atoms with Crippen molar-refractivity contribution in [2.24, 2.45) is 0 Å². The van der Waals surface area contributed by atoms with Crippen LogP contribution in [0.5, 0.6) is 0 Å². The van der Waals surface area contributed by atoms with Gasteiger partial charge in [0, 0.05) is 11.5 Å². The molecule has 0 unspecified atom stereocenters. The number of hydrogen-bond donors (Lipinski definition) is 0. The summed E-state index contributed by atoms with van der Waals surface area (Å²) in [5.74, 6) is 0. The van der Waals surface area contributed by atoms with Crippen LogP contribution in [-0.4, -0.2) is 6.61 Å². The topological polar surface area (TPSA) is 9.23 Å². The minimum absolute atomic E-state index is 0.404. The van der Waals surface area contributed by atoms with Crippen LogP contribution < -0.4 is 0 Å². The summed E-state index contributed by atoms with van der Waals surface area (Å²) in [6.07, 6.45) is 2.81. The zero-order valence-corrected chi connectivity index (χ0v) is 7.49. The van der Waals surface area contributed by atoms with Gasteiger partial charge in [0.05, 0.1) is 6.10 Å². The number of rotatable bonds is 2. The third-order valence-electron chi connectivity index (χ3n) is 2.13. The lowest BCUT2D eigenvalue weighted by molar-refractivity contribution is 0.0641. The van der Waals surface area contributed by atoms with E-state index in [2.05, 4.69) is 18.4 Å². The number of aryl methyl sites for hydroxylation is 1. The predicted octanol–water partition coefficient (Wildman–Crippen LogP) is 2.77. The van der Waals surface area contributed by atoms with Gasteiger partial charge in [-0.05, 0) is 36.8 Å². The van der Waals surface area contributed by atoms with Gasteiger partial charge in [0.1, 0.15) is 0 Å². The maximum atomic E-state index is 5.59. The van der Waals surface area contributed by atoms with Gasteiger partial charge < -0.3 is 4.74 Å². The van der Waals surface area contributed by atoms with Crippen LogP contribution >= 0.6 is 11.3 Å². The second-order valence-corrected chi connectivity index (χ2v) is 3.78. The van der Waals surface area contributed by atoms with E-state index in [1.165, 1.54) is 23.3 Å². The molecule has 0 radical (unpaired) electrons. The van der Waals surface area contributed by atoms with Crippen molar-refractivity contribution in [2.75, 3.05) is 6.61 Å². The minimum atomic E-state index is 0.404. The fraction of sp³-hybridized carbons (Fsp3) is 0.556. The molecule has 1 atom stereocenters. The summed E-state index contributed by atoms with van der Waals surface area (Å²) in [6.45, 7) is 2.89. The Labute approximate surface area is 71.0 Å². The Balaban J connectivity index is 2.18. The van der Waals surface area contributed by atoms with Crippen LogP contribution in [0.25, 0.3) is 0 Å². The number of hydrogen-bond acceptors (Lipinski definition) is 2. The van der Waals surface area contributed by atoms with E-state index >= 15 is 0 Å². The Morgan fingerprint density at radius 3 is 3.45 bits per heavy atom. The van der Waals surface area contributed by atoms with Crippen LogP contribution in [-0.2, 0) is 11.2 Å². The van der Waals surface area contributed by atoms with Gasteiger partial charge in [-0.25, -0.2) is 0 Å². The molecule has 1 heterocycles. The van der Waals surface area contributed by atoms with Gasteiger partial charge in [0.25, 0.3) is 0 Å². The summed E-state index contributed by atoms with van der Waals surface area (Å²) >= 11 is 1.86. The Morgan fingerprint density at radius 2 is 2.64 bits per heavy atom. The van der Waals surface area contributed by atoms with E-state index < -0.39 is 0 Å². The van der Waals surface area contributed by atoms with Crippen molar-refractivity contribution in [3.63, 3.8) is 0 Å². The molecule has 0 fully saturated rings. The summed E-state index contributed by atoms with van der Waals surface area (Å²) in [5, 5.41) is 2.16. The fourth-order valence-electron chi connectivity index (χ4n) is 1.63. The molecule has 1 aromatic rings. The van der Waals surface area contributed by atoms with Crippen LogP contribution in [0.4, 0.5) is 0 Å². The first kappa shape index (κ1) is 7.32. The second kappa shape index (κ2) is 2.95. The van der Waals surface area contributed by atoms with Crippen molar-refractivity contribution in [3.05, 3.63) is 21.9 Å². The van der Waals surface area contributed by atoms with Crippen LogP contribution in [0.2, 0.25) is 0 Å². The number of ether oxygens (including phenoxy) is 1. The first-order valence-corrected chi connectivity index (χ1v) is 4.97. The standard InChI is InChI=1S/C9H12OS/c1-2-10-8-3-4-9-7(8)5-6-11-9/h5-6,8H,2-4H2,1H3/t8-/m1/s1. The molecule has 0 amide bonds. The number of thiophene rings is 1. The molecule has 2 heteroatoms. The molecule has 0 aliphatic heterocycles. The van der Waals surface area contributed by atoms with Crippen molar-refractivity contribution in [1.82, 2.24) is 0 Å². The second-order valence-electron chi connectivity index (χ2n) is 2.78. The lowest BCUT2D eigenvalue weighted by Crippen LogP contribution is -1.98. The van der Waals surface area contributed by atoms with Crippen molar-refractivity contribution < 1.29 is 4.74 Å². The minimum Gasteiger partial charge on any atom is -0.374 e. The molecule has 1 aliphatic rings. The van der Waals surface area contributed by atoms with Crippen LogP contribution in [0, 0.1) is 0 Å². The van der Waals surface area contributed by atoms with Crippen molar-refractivity contribution >= 4 is 11.3 Å². The zero-order valence-electron chi connectivity index (χ0n) is 6.67. The average molecular weight is 168 g/mol. The average Bonchev–Trinajstić information content (AvgIpc) is 2.53. The van der Waals surface area contributed by atoms with Gasteiger partial charge in [-0.15, -0.1) is 11.3 Å². The first-order chi connectivity index (χ1) is 5.42. The summed E-state index contributed by atoms with van der Waals surface area (Å²) in [5.41, 5.74) is 1.44. The molecule has 0 N–H and O–H groups in total.